The first-order chi connectivity index (χ1) is 9.21. The predicted molar refractivity (Wildman–Crippen MR) is 75.2 cm³/mol. The molecule has 1 atom stereocenters. The summed E-state index contributed by atoms with van der Waals surface area (Å²) in [5.74, 6) is -0.163. The van der Waals surface area contributed by atoms with Gasteiger partial charge >= 0.3 is 6.03 Å². The highest BCUT2D eigenvalue weighted by molar-refractivity contribution is 6.06. The number of imide groups is 1. The van der Waals surface area contributed by atoms with Gasteiger partial charge in [0.1, 0.15) is 5.54 Å². The number of hydrogen-bond acceptors (Lipinski definition) is 4. The van der Waals surface area contributed by atoms with E-state index in [0.717, 1.165) is 32.4 Å². The summed E-state index contributed by atoms with van der Waals surface area (Å²) < 4.78 is 0. The summed E-state index contributed by atoms with van der Waals surface area (Å²) in [4.78, 5) is 27.4. The lowest BCUT2D eigenvalue weighted by molar-refractivity contribution is -0.130. The van der Waals surface area contributed by atoms with Crippen LogP contribution in [-0.4, -0.2) is 64.2 Å². The number of urea groups is 1. The standard InChI is InChI=1S/C14H25N3O3/c1-13(2)11(18)17(12(19)15-13)10-9-16-7-4-5-14(3,20)6-8-16/h20H,4-10H2,1-3H3,(H,15,19). The molecule has 0 aromatic rings. The molecule has 2 aliphatic rings. The van der Waals surface area contributed by atoms with Crippen LogP contribution in [0.25, 0.3) is 0 Å². The van der Waals surface area contributed by atoms with Crippen LogP contribution in [0, 0.1) is 0 Å². The number of nitrogens with zero attached hydrogens (tertiary/aromatic N) is 2. The van der Waals surface area contributed by atoms with Crippen LogP contribution in [0.3, 0.4) is 0 Å². The largest absolute Gasteiger partial charge is 0.390 e. The van der Waals surface area contributed by atoms with Crippen molar-refractivity contribution in [3.05, 3.63) is 0 Å². The molecule has 20 heavy (non-hydrogen) atoms. The molecule has 6 heteroatoms. The molecule has 0 aliphatic carbocycles. The Kier molecular flexibility index (Phi) is 4.07. The average molecular weight is 283 g/mol. The van der Waals surface area contributed by atoms with Crippen LogP contribution >= 0.6 is 0 Å². The van der Waals surface area contributed by atoms with Crippen LogP contribution in [0.4, 0.5) is 4.79 Å². The molecule has 3 amide bonds. The van der Waals surface area contributed by atoms with Gasteiger partial charge in [0.25, 0.3) is 5.91 Å². The highest BCUT2D eigenvalue weighted by Gasteiger charge is 2.44. The molecule has 2 aliphatic heterocycles. The summed E-state index contributed by atoms with van der Waals surface area (Å²) in [6.07, 6.45) is 2.48. The summed E-state index contributed by atoms with van der Waals surface area (Å²) in [7, 11) is 0. The SMILES string of the molecule is CC1(O)CCCN(CCN2C(=O)NC(C)(C)C2=O)CC1. The van der Waals surface area contributed by atoms with Gasteiger partial charge in [-0.05, 0) is 46.6 Å². The Morgan fingerprint density at radius 2 is 1.85 bits per heavy atom. The number of likely N-dealkylation sites (tertiary alicyclic amines) is 1. The second-order valence-corrected chi connectivity index (χ2v) is 6.70. The smallest absolute Gasteiger partial charge is 0.325 e. The molecule has 1 unspecified atom stereocenters. The minimum atomic E-state index is -0.792. The van der Waals surface area contributed by atoms with Crippen molar-refractivity contribution in [3.63, 3.8) is 0 Å². The zero-order valence-corrected chi connectivity index (χ0v) is 12.6. The second-order valence-electron chi connectivity index (χ2n) is 6.70. The summed E-state index contributed by atoms with van der Waals surface area (Å²) in [6, 6.07) is -0.304. The van der Waals surface area contributed by atoms with Crippen molar-refractivity contribution in [3.8, 4) is 0 Å². The molecule has 0 aromatic carbocycles. The Morgan fingerprint density at radius 3 is 2.45 bits per heavy atom. The van der Waals surface area contributed by atoms with E-state index in [0.29, 0.717) is 13.1 Å². The maximum absolute atomic E-state index is 12.1. The quantitative estimate of drug-likeness (QED) is 0.742. The van der Waals surface area contributed by atoms with Crippen molar-refractivity contribution in [2.24, 2.45) is 0 Å². The molecule has 2 rings (SSSR count). The molecule has 2 saturated heterocycles. The van der Waals surface area contributed by atoms with Crippen molar-refractivity contribution in [1.29, 1.82) is 0 Å². The van der Waals surface area contributed by atoms with Gasteiger partial charge in [-0.25, -0.2) is 4.79 Å². The zero-order valence-electron chi connectivity index (χ0n) is 12.6. The fraction of sp³-hybridized carbons (Fsp3) is 0.857. The van der Waals surface area contributed by atoms with E-state index in [2.05, 4.69) is 10.2 Å². The van der Waals surface area contributed by atoms with Gasteiger partial charge in [0.15, 0.2) is 0 Å². The van der Waals surface area contributed by atoms with Crippen LogP contribution in [0.1, 0.15) is 40.0 Å². The number of amides is 3. The molecule has 114 valence electrons. The number of rotatable bonds is 3. The van der Waals surface area contributed by atoms with E-state index in [-0.39, 0.29) is 11.9 Å². The molecule has 2 N–H and O–H groups in total. The van der Waals surface area contributed by atoms with E-state index in [9.17, 15) is 14.7 Å². The third-order valence-electron chi connectivity index (χ3n) is 4.24. The molecule has 6 nitrogen and oxygen atoms in total. The highest BCUT2D eigenvalue weighted by atomic mass is 16.3. The Balaban J connectivity index is 1.87. The van der Waals surface area contributed by atoms with E-state index in [1.54, 1.807) is 13.8 Å². The maximum atomic E-state index is 12.1. The van der Waals surface area contributed by atoms with Gasteiger partial charge in [-0.15, -0.1) is 0 Å². The minimum Gasteiger partial charge on any atom is -0.390 e. The normalized spacial score (nSPS) is 31.3. The second kappa shape index (κ2) is 5.33. The van der Waals surface area contributed by atoms with Gasteiger partial charge in [0.2, 0.25) is 0 Å². The summed E-state index contributed by atoms with van der Waals surface area (Å²) in [5, 5.41) is 12.7. The van der Waals surface area contributed by atoms with E-state index in [4.69, 9.17) is 0 Å². The van der Waals surface area contributed by atoms with Crippen LogP contribution in [0.2, 0.25) is 0 Å². The lowest BCUT2D eigenvalue weighted by Crippen LogP contribution is -2.42. The Hall–Kier alpha value is -1.14. The summed E-state index contributed by atoms with van der Waals surface area (Å²) in [6.45, 7) is 8.11. The first-order valence-corrected chi connectivity index (χ1v) is 7.30. The van der Waals surface area contributed by atoms with Gasteiger partial charge < -0.3 is 15.3 Å². The third kappa shape index (κ3) is 3.30. The van der Waals surface area contributed by atoms with Crippen LogP contribution in [0.15, 0.2) is 0 Å². The predicted octanol–water partition coefficient (Wildman–Crippen LogP) is 0.554. The van der Waals surface area contributed by atoms with Crippen molar-refractivity contribution < 1.29 is 14.7 Å². The van der Waals surface area contributed by atoms with Crippen molar-refractivity contribution in [1.82, 2.24) is 15.1 Å². The maximum Gasteiger partial charge on any atom is 0.325 e. The first-order valence-electron chi connectivity index (χ1n) is 7.30. The monoisotopic (exact) mass is 283 g/mol. The summed E-state index contributed by atoms with van der Waals surface area (Å²) >= 11 is 0. The Labute approximate surface area is 120 Å². The molecule has 0 bridgehead atoms. The van der Waals surface area contributed by atoms with Crippen molar-refractivity contribution >= 4 is 11.9 Å². The van der Waals surface area contributed by atoms with Gasteiger partial charge in [0.05, 0.1) is 5.60 Å². The molecular weight excluding hydrogens is 258 g/mol. The average Bonchev–Trinajstić information content (AvgIpc) is 2.48. The van der Waals surface area contributed by atoms with Gasteiger partial charge in [-0.1, -0.05) is 0 Å². The van der Waals surface area contributed by atoms with Crippen LogP contribution < -0.4 is 5.32 Å². The Bertz CT molecular complexity index is 406. The lowest BCUT2D eigenvalue weighted by Gasteiger charge is -2.24. The van der Waals surface area contributed by atoms with Crippen molar-refractivity contribution in [2.75, 3.05) is 26.2 Å². The fourth-order valence-corrected chi connectivity index (χ4v) is 2.81. The number of aliphatic hydroxyl groups is 1. The number of hydrogen-bond donors (Lipinski definition) is 2. The van der Waals surface area contributed by atoms with Gasteiger partial charge in [-0.2, -0.15) is 0 Å². The molecule has 2 heterocycles. The fourth-order valence-electron chi connectivity index (χ4n) is 2.81. The zero-order chi connectivity index (χ0) is 15.0. The van der Waals surface area contributed by atoms with E-state index >= 15 is 0 Å². The van der Waals surface area contributed by atoms with Crippen molar-refractivity contribution in [2.45, 2.75) is 51.2 Å². The Morgan fingerprint density at radius 1 is 1.15 bits per heavy atom. The molecule has 0 spiro atoms. The van der Waals surface area contributed by atoms with Gasteiger partial charge in [0, 0.05) is 19.6 Å². The van der Waals surface area contributed by atoms with E-state index in [1.165, 1.54) is 4.90 Å². The topological polar surface area (TPSA) is 72.9 Å². The number of nitrogens with one attached hydrogen (secondary N) is 1. The van der Waals surface area contributed by atoms with Crippen LogP contribution in [-0.2, 0) is 4.79 Å². The molecule has 2 fully saturated rings. The third-order valence-corrected chi connectivity index (χ3v) is 4.24. The highest BCUT2D eigenvalue weighted by Crippen LogP contribution is 2.21. The van der Waals surface area contributed by atoms with E-state index in [1.807, 2.05) is 6.92 Å². The van der Waals surface area contributed by atoms with Crippen LogP contribution in [0.5, 0.6) is 0 Å². The van der Waals surface area contributed by atoms with E-state index < -0.39 is 11.1 Å². The summed E-state index contributed by atoms with van der Waals surface area (Å²) in [5.41, 5.74) is -1.38. The molecular formula is C14H25N3O3. The first kappa shape index (κ1) is 15.3. The molecule has 0 saturated carbocycles. The molecule has 0 aromatic heterocycles. The van der Waals surface area contributed by atoms with Gasteiger partial charge in [-0.3, -0.25) is 9.69 Å². The number of carbonyl (C=O) groups excluding carboxylic acids is 2. The minimum absolute atomic E-state index is 0.163. The lowest BCUT2D eigenvalue weighted by atomic mass is 9.98. The number of carbonyl (C=O) groups is 2. The molecule has 0 radical (unpaired) electrons.